The first kappa shape index (κ1) is 40.0. The number of rotatable bonds is 7. The summed E-state index contributed by atoms with van der Waals surface area (Å²) < 4.78 is 13.0. The molecule has 0 saturated carbocycles. The molecule has 10 N–H and O–H groups in total. The van der Waals surface area contributed by atoms with Crippen molar-refractivity contribution in [3.63, 3.8) is 0 Å². The molecule has 10 atom stereocenters. The minimum Gasteiger partial charge on any atom is -0.389 e. The van der Waals surface area contributed by atoms with Crippen molar-refractivity contribution in [2.45, 2.75) is 67.7 Å². The van der Waals surface area contributed by atoms with E-state index < -0.39 is 79.3 Å². The number of hydrogen-bond donors (Lipinski definition) is 10. The van der Waals surface area contributed by atoms with Gasteiger partial charge in [-0.2, -0.15) is 0 Å². The molecular formula is C42H43FN4O10. The van der Waals surface area contributed by atoms with Crippen molar-refractivity contribution < 1.29 is 54.2 Å². The van der Waals surface area contributed by atoms with Gasteiger partial charge in [0.1, 0.15) is 25.0 Å². The maximum Gasteiger partial charge on any atom is 0.252 e. The summed E-state index contributed by atoms with van der Waals surface area (Å²) in [6.45, 7) is 0.674. The summed E-state index contributed by atoms with van der Waals surface area (Å²) in [4.78, 5) is 51.2. The van der Waals surface area contributed by atoms with E-state index in [0.29, 0.717) is 27.8 Å². The maximum atomic E-state index is 13.0. The van der Waals surface area contributed by atoms with Crippen LogP contribution in [0.25, 0.3) is 22.3 Å². The van der Waals surface area contributed by atoms with Gasteiger partial charge in [-0.1, -0.05) is 72.8 Å². The van der Waals surface area contributed by atoms with Crippen molar-refractivity contribution in [1.82, 2.24) is 21.3 Å². The Morgan fingerprint density at radius 3 is 1.37 bits per heavy atom. The average molecular weight is 783 g/mol. The van der Waals surface area contributed by atoms with Gasteiger partial charge in [-0.15, -0.1) is 0 Å². The van der Waals surface area contributed by atoms with Gasteiger partial charge in [0, 0.05) is 41.4 Å². The summed E-state index contributed by atoms with van der Waals surface area (Å²) in [5, 5.41) is 70.7. The van der Waals surface area contributed by atoms with Crippen LogP contribution >= 0.6 is 0 Å². The number of aliphatic hydroxyl groups excluding tert-OH is 6. The van der Waals surface area contributed by atoms with E-state index >= 15 is 0 Å². The number of hydrogen-bond acceptors (Lipinski definition) is 12. The van der Waals surface area contributed by atoms with E-state index in [9.17, 15) is 54.2 Å². The number of fused-ring (bicyclic) bond motifs is 6. The van der Waals surface area contributed by atoms with Crippen molar-refractivity contribution in [2.24, 2.45) is 0 Å². The van der Waals surface area contributed by atoms with Crippen molar-refractivity contribution in [3.05, 3.63) is 118 Å². The van der Waals surface area contributed by atoms with Gasteiger partial charge < -0.3 is 51.9 Å². The van der Waals surface area contributed by atoms with Crippen LogP contribution in [0.4, 0.5) is 4.39 Å². The van der Waals surface area contributed by atoms with E-state index in [1.807, 2.05) is 30.3 Å². The van der Waals surface area contributed by atoms with E-state index in [0.717, 1.165) is 16.7 Å². The molecule has 2 aliphatic carbocycles. The Bertz CT molecular complexity index is 2220. The fourth-order valence-electron chi connectivity index (χ4n) is 8.03. The highest BCUT2D eigenvalue weighted by Gasteiger charge is 2.43. The van der Waals surface area contributed by atoms with E-state index in [1.54, 1.807) is 61.5 Å². The summed E-state index contributed by atoms with van der Waals surface area (Å²) in [6.07, 6.45) is -7.98. The molecule has 4 aliphatic rings. The Hall–Kier alpha value is -5.23. The Labute approximate surface area is 326 Å². The molecule has 57 heavy (non-hydrogen) atoms. The number of ketones is 2. The second-order valence-electron chi connectivity index (χ2n) is 14.7. The van der Waals surface area contributed by atoms with Crippen LogP contribution in [-0.2, 0) is 0 Å². The van der Waals surface area contributed by atoms with Crippen molar-refractivity contribution in [3.8, 4) is 22.3 Å². The van der Waals surface area contributed by atoms with Crippen LogP contribution in [0, 0.1) is 0 Å². The maximum absolute atomic E-state index is 13.0. The molecule has 2 fully saturated rings. The topological polar surface area (TPSA) is 238 Å². The lowest BCUT2D eigenvalue weighted by molar-refractivity contribution is -0.114. The van der Waals surface area contributed by atoms with Gasteiger partial charge in [0.2, 0.25) is 0 Å². The third-order valence-electron chi connectivity index (χ3n) is 11.2. The number of benzene rings is 4. The molecule has 0 spiro atoms. The summed E-state index contributed by atoms with van der Waals surface area (Å²) in [5.74, 6) is -1.36. The van der Waals surface area contributed by atoms with Crippen LogP contribution in [0.3, 0.4) is 0 Å². The number of nitrogens with one attached hydrogen (secondary N) is 4. The molecule has 2 amide bonds. The fourth-order valence-corrected chi connectivity index (χ4v) is 8.03. The number of halogens is 1. The number of carbonyl (C=O) groups is 4. The Morgan fingerprint density at radius 2 is 0.912 bits per heavy atom. The summed E-state index contributed by atoms with van der Waals surface area (Å²) in [7, 11) is 0. The highest BCUT2D eigenvalue weighted by molar-refractivity contribution is 6.26. The van der Waals surface area contributed by atoms with Crippen molar-refractivity contribution in [2.75, 3.05) is 19.8 Å². The van der Waals surface area contributed by atoms with Crippen LogP contribution in [-0.4, -0.2) is 135 Å². The van der Waals surface area contributed by atoms with E-state index in [4.69, 9.17) is 0 Å². The van der Waals surface area contributed by atoms with Gasteiger partial charge in [0.15, 0.2) is 11.6 Å². The van der Waals surface area contributed by atoms with Gasteiger partial charge in [0.05, 0.1) is 47.6 Å². The quantitative estimate of drug-likeness (QED) is 0.104. The van der Waals surface area contributed by atoms with Crippen LogP contribution < -0.4 is 21.3 Å². The van der Waals surface area contributed by atoms with Gasteiger partial charge >= 0.3 is 0 Å². The second kappa shape index (κ2) is 16.3. The van der Waals surface area contributed by atoms with Crippen LogP contribution in [0.1, 0.15) is 59.5 Å². The number of amides is 2. The molecule has 4 aromatic rings. The van der Waals surface area contributed by atoms with Crippen LogP contribution in [0.15, 0.2) is 84.9 Å². The van der Waals surface area contributed by atoms with E-state index in [2.05, 4.69) is 21.3 Å². The lowest BCUT2D eigenvalue weighted by Crippen LogP contribution is -2.67. The molecule has 14 nitrogen and oxygen atoms in total. The molecule has 0 radical (unpaired) electrons. The molecule has 2 heterocycles. The van der Waals surface area contributed by atoms with E-state index in [1.165, 1.54) is 0 Å². The Morgan fingerprint density at radius 1 is 0.526 bits per heavy atom. The predicted octanol–water partition coefficient (Wildman–Crippen LogP) is 0.0912. The molecule has 0 bridgehead atoms. The molecule has 2 saturated heterocycles. The number of aliphatic hydroxyl groups is 6. The number of carbonyl (C=O) groups excluding carboxylic acids is 4. The lowest BCUT2D eigenvalue weighted by atomic mass is 9.90. The Kier molecular flexibility index (Phi) is 11.5. The third-order valence-corrected chi connectivity index (χ3v) is 11.2. The first-order chi connectivity index (χ1) is 27.3. The largest absolute Gasteiger partial charge is 0.389 e. The SMILES string of the molecule is C[C@@H]1N[C@H](CNC(=O)c2cccc3c2C(=O)c2ccccc2-3)[C@@H](O)[C@H](O)[C@@H]1O.O=C(NC[C@@H]1N[C@@H](CF)[C@@H](O)[C@@H](O)[C@@H]1O)c1cccc2c1C(=O)c1ccccc1-2. The molecular weight excluding hydrogens is 739 g/mol. The standard InChI is InChI=1S/C21H21FN2O5.C21H22N2O5/c22-8-14-18(26)20(28)19(27)15(24-14)9-23-21(29)13-7-3-6-11-10-4-1-2-5-12(10)17(25)16(11)13;1-10-17(24)20(27)19(26)15(23-10)9-22-21(28)14-8-4-7-12-11-5-2-3-6-13(11)18(25)16(12)14/h1-7,14-15,18-20,24,26-28H,8-9H2,(H,23,29);2-8,10,15,17,19-20,23-24,26-27H,9H2,1H3,(H,22,28)/t14-,15-,18+,19+,20+;10-,15+,17+,19+,20+/m00/s1. The highest BCUT2D eigenvalue weighted by atomic mass is 19.1. The zero-order chi connectivity index (χ0) is 40.7. The Balaban J connectivity index is 0.000000174. The van der Waals surface area contributed by atoms with Gasteiger partial charge in [-0.05, 0) is 41.3 Å². The molecule has 4 aromatic carbocycles. The molecule has 8 rings (SSSR count). The minimum absolute atomic E-state index is 0.0406. The average Bonchev–Trinajstić information content (AvgIpc) is 3.70. The lowest BCUT2D eigenvalue weighted by Gasteiger charge is -2.40. The molecule has 0 unspecified atom stereocenters. The summed E-state index contributed by atoms with van der Waals surface area (Å²) in [5.41, 5.74) is 5.29. The monoisotopic (exact) mass is 782 g/mol. The highest BCUT2D eigenvalue weighted by Crippen LogP contribution is 2.39. The zero-order valence-corrected chi connectivity index (χ0v) is 30.7. The molecule has 2 aliphatic heterocycles. The molecule has 298 valence electrons. The summed E-state index contributed by atoms with van der Waals surface area (Å²) >= 11 is 0. The second-order valence-corrected chi connectivity index (χ2v) is 14.7. The van der Waals surface area contributed by atoms with Gasteiger partial charge in [-0.25, -0.2) is 4.39 Å². The van der Waals surface area contributed by atoms with Crippen molar-refractivity contribution >= 4 is 23.4 Å². The van der Waals surface area contributed by atoms with Crippen molar-refractivity contribution in [1.29, 1.82) is 0 Å². The fraction of sp³-hybridized carbons (Fsp3) is 0.333. The van der Waals surface area contributed by atoms with E-state index in [-0.39, 0.29) is 35.8 Å². The van der Waals surface area contributed by atoms with Crippen LogP contribution in [0.5, 0.6) is 0 Å². The third kappa shape index (κ3) is 7.28. The van der Waals surface area contributed by atoms with Gasteiger partial charge in [-0.3, -0.25) is 19.2 Å². The zero-order valence-electron chi connectivity index (χ0n) is 30.7. The smallest absolute Gasteiger partial charge is 0.252 e. The number of alkyl halides is 1. The van der Waals surface area contributed by atoms with Gasteiger partial charge in [0.25, 0.3) is 11.8 Å². The first-order valence-corrected chi connectivity index (χ1v) is 18.6. The molecule has 0 aromatic heterocycles. The number of piperidine rings is 2. The predicted molar refractivity (Wildman–Crippen MR) is 204 cm³/mol. The molecule has 15 heteroatoms. The van der Waals surface area contributed by atoms with Crippen LogP contribution in [0.2, 0.25) is 0 Å². The normalized spacial score (nSPS) is 28.3. The summed E-state index contributed by atoms with van der Waals surface area (Å²) in [6, 6.07) is 21.6. The first-order valence-electron chi connectivity index (χ1n) is 18.6. The minimum atomic E-state index is -1.53.